The molecule has 3 N–H and O–H groups in total. The summed E-state index contributed by atoms with van der Waals surface area (Å²) in [5.41, 5.74) is 2.08. The Kier molecular flexibility index (Phi) is 6.17. The second-order valence-electron chi connectivity index (χ2n) is 4.92. The second-order valence-corrected chi connectivity index (χ2v) is 4.92. The monoisotopic (exact) mass is 293 g/mol. The van der Waals surface area contributed by atoms with Gasteiger partial charge in [0.25, 0.3) is 0 Å². The molecule has 0 aliphatic carbocycles. The minimum Gasteiger partial charge on any atom is -0.496 e. The molecule has 0 radical (unpaired) electrons. The number of carbonyl (C=O) groups excluding carboxylic acids is 2. The number of ether oxygens (including phenoxy) is 1. The van der Waals surface area contributed by atoms with Gasteiger partial charge >= 0.3 is 6.03 Å². The van der Waals surface area contributed by atoms with Crippen LogP contribution < -0.4 is 20.7 Å². The number of amides is 3. The molecular weight excluding hydrogens is 270 g/mol. The smallest absolute Gasteiger partial charge is 0.321 e. The number of aryl methyl sites for hydroxylation is 1. The van der Waals surface area contributed by atoms with E-state index in [0.29, 0.717) is 0 Å². The minimum atomic E-state index is -0.519. The van der Waals surface area contributed by atoms with Crippen LogP contribution >= 0.6 is 0 Å². The van der Waals surface area contributed by atoms with E-state index in [0.717, 1.165) is 16.9 Å². The molecule has 0 saturated carbocycles. The molecule has 116 valence electrons. The van der Waals surface area contributed by atoms with Crippen LogP contribution in [-0.4, -0.2) is 32.1 Å². The van der Waals surface area contributed by atoms with Gasteiger partial charge in [0.15, 0.2) is 0 Å². The van der Waals surface area contributed by atoms with E-state index in [1.54, 1.807) is 14.0 Å². The number of urea groups is 1. The normalized spacial score (nSPS) is 13.2. The molecular formula is C15H23N3O3. The molecule has 1 aromatic rings. The quantitative estimate of drug-likeness (QED) is 0.768. The Hall–Kier alpha value is -2.08. The average Bonchev–Trinajstić information content (AvgIpc) is 2.46. The molecule has 21 heavy (non-hydrogen) atoms. The van der Waals surface area contributed by atoms with Crippen molar-refractivity contribution in [2.75, 3.05) is 14.2 Å². The molecule has 0 aliphatic heterocycles. The number of nitrogens with one attached hydrogen (secondary N) is 3. The maximum Gasteiger partial charge on any atom is 0.321 e. The summed E-state index contributed by atoms with van der Waals surface area (Å²) in [4.78, 5) is 23.0. The minimum absolute atomic E-state index is 0.0923. The number of rotatable bonds is 5. The zero-order chi connectivity index (χ0) is 16.0. The van der Waals surface area contributed by atoms with Gasteiger partial charge in [-0.15, -0.1) is 0 Å². The molecule has 0 spiro atoms. The van der Waals surface area contributed by atoms with E-state index in [1.807, 2.05) is 32.0 Å². The largest absolute Gasteiger partial charge is 0.496 e. The molecule has 3 amide bonds. The fourth-order valence-corrected chi connectivity index (χ4v) is 2.02. The first-order valence-corrected chi connectivity index (χ1v) is 6.82. The molecule has 1 rings (SSSR count). The van der Waals surface area contributed by atoms with Gasteiger partial charge in [-0.05, 0) is 26.8 Å². The van der Waals surface area contributed by atoms with Crippen LogP contribution in [0.5, 0.6) is 5.75 Å². The van der Waals surface area contributed by atoms with E-state index in [4.69, 9.17) is 4.74 Å². The zero-order valence-electron chi connectivity index (χ0n) is 13.1. The molecule has 0 saturated heterocycles. The summed E-state index contributed by atoms with van der Waals surface area (Å²) in [6.07, 6.45) is 0. The third-order valence-electron chi connectivity index (χ3n) is 3.21. The fourth-order valence-electron chi connectivity index (χ4n) is 2.02. The van der Waals surface area contributed by atoms with Crippen LogP contribution in [0.15, 0.2) is 18.2 Å². The lowest BCUT2D eigenvalue weighted by molar-refractivity contribution is -0.121. The molecule has 0 aromatic heterocycles. The Morgan fingerprint density at radius 1 is 1.24 bits per heavy atom. The molecule has 2 atom stereocenters. The van der Waals surface area contributed by atoms with E-state index in [-0.39, 0.29) is 11.9 Å². The molecule has 6 heteroatoms. The lowest BCUT2D eigenvalue weighted by Crippen LogP contribution is -2.47. The molecule has 6 nitrogen and oxygen atoms in total. The van der Waals surface area contributed by atoms with Crippen molar-refractivity contribution in [3.8, 4) is 5.75 Å². The predicted octanol–water partition coefficient (Wildman–Crippen LogP) is 1.50. The summed E-state index contributed by atoms with van der Waals surface area (Å²) in [7, 11) is 3.07. The summed E-state index contributed by atoms with van der Waals surface area (Å²) < 4.78 is 5.34. The van der Waals surface area contributed by atoms with Gasteiger partial charge in [0.2, 0.25) is 5.91 Å². The molecule has 0 aliphatic rings. The van der Waals surface area contributed by atoms with Gasteiger partial charge in [0, 0.05) is 18.7 Å². The number of hydrogen-bond donors (Lipinski definition) is 3. The van der Waals surface area contributed by atoms with Crippen LogP contribution in [0.4, 0.5) is 4.79 Å². The van der Waals surface area contributed by atoms with Gasteiger partial charge in [0.1, 0.15) is 5.75 Å². The maximum atomic E-state index is 11.8. The van der Waals surface area contributed by atoms with Gasteiger partial charge in [-0.1, -0.05) is 17.7 Å². The highest BCUT2D eigenvalue weighted by molar-refractivity contribution is 5.96. The molecule has 1 aromatic carbocycles. The fraction of sp³-hybridized carbons (Fsp3) is 0.467. The van der Waals surface area contributed by atoms with Crippen LogP contribution in [0.2, 0.25) is 0 Å². The van der Waals surface area contributed by atoms with Gasteiger partial charge in [-0.3, -0.25) is 15.4 Å². The molecule has 0 bridgehead atoms. The standard InChI is InChI=1S/C15H23N3O3/c1-9-6-7-13(21-5)12(8-9)10(2)17-11(3)14(19)18-15(20)16-4/h6-8,10-11,17H,1-5H3,(H2,16,18,19,20). The van der Waals surface area contributed by atoms with E-state index in [2.05, 4.69) is 16.0 Å². The van der Waals surface area contributed by atoms with Crippen molar-refractivity contribution in [1.82, 2.24) is 16.0 Å². The van der Waals surface area contributed by atoms with Crippen LogP contribution in [0.1, 0.15) is 31.0 Å². The number of methoxy groups -OCH3 is 1. The van der Waals surface area contributed by atoms with Gasteiger partial charge in [-0.25, -0.2) is 4.79 Å². The van der Waals surface area contributed by atoms with Crippen LogP contribution in [0, 0.1) is 6.92 Å². The number of hydrogen-bond acceptors (Lipinski definition) is 4. The Labute approximate surface area is 125 Å². The third-order valence-corrected chi connectivity index (χ3v) is 3.21. The zero-order valence-corrected chi connectivity index (χ0v) is 13.1. The van der Waals surface area contributed by atoms with Crippen molar-refractivity contribution in [2.24, 2.45) is 0 Å². The van der Waals surface area contributed by atoms with Gasteiger partial charge in [0.05, 0.1) is 13.2 Å². The van der Waals surface area contributed by atoms with Crippen molar-refractivity contribution in [1.29, 1.82) is 0 Å². The van der Waals surface area contributed by atoms with Crippen LogP contribution in [0.3, 0.4) is 0 Å². The third kappa shape index (κ3) is 4.75. The molecule has 0 heterocycles. The molecule has 0 fully saturated rings. The highest BCUT2D eigenvalue weighted by Crippen LogP contribution is 2.26. The highest BCUT2D eigenvalue weighted by Gasteiger charge is 2.19. The van der Waals surface area contributed by atoms with Crippen molar-refractivity contribution in [3.05, 3.63) is 29.3 Å². The summed E-state index contributed by atoms with van der Waals surface area (Å²) in [6, 6.07) is 4.76. The SMILES string of the molecule is CNC(=O)NC(=O)C(C)NC(C)c1cc(C)ccc1OC. The summed E-state index contributed by atoms with van der Waals surface area (Å²) >= 11 is 0. The van der Waals surface area contributed by atoms with Crippen molar-refractivity contribution in [3.63, 3.8) is 0 Å². The first-order chi connectivity index (χ1) is 9.88. The Balaban J connectivity index is 2.76. The predicted molar refractivity (Wildman–Crippen MR) is 81.3 cm³/mol. The topological polar surface area (TPSA) is 79.5 Å². The summed E-state index contributed by atoms with van der Waals surface area (Å²) in [5.74, 6) is 0.382. The lowest BCUT2D eigenvalue weighted by atomic mass is 10.0. The highest BCUT2D eigenvalue weighted by atomic mass is 16.5. The Morgan fingerprint density at radius 3 is 2.48 bits per heavy atom. The summed E-state index contributed by atoms with van der Waals surface area (Å²) in [6.45, 7) is 5.65. The first kappa shape index (κ1) is 17.0. The van der Waals surface area contributed by atoms with Gasteiger partial charge in [-0.2, -0.15) is 0 Å². The number of carbonyl (C=O) groups is 2. The Bertz CT molecular complexity index is 517. The van der Waals surface area contributed by atoms with E-state index >= 15 is 0 Å². The van der Waals surface area contributed by atoms with E-state index in [9.17, 15) is 9.59 Å². The summed E-state index contributed by atoms with van der Waals surface area (Å²) in [5, 5.41) is 7.74. The van der Waals surface area contributed by atoms with Crippen molar-refractivity contribution < 1.29 is 14.3 Å². The second kappa shape index (κ2) is 7.64. The van der Waals surface area contributed by atoms with Gasteiger partial charge < -0.3 is 10.1 Å². The molecule has 2 unspecified atom stereocenters. The lowest BCUT2D eigenvalue weighted by Gasteiger charge is -2.21. The number of imide groups is 1. The van der Waals surface area contributed by atoms with Crippen molar-refractivity contribution >= 4 is 11.9 Å². The maximum absolute atomic E-state index is 11.8. The van der Waals surface area contributed by atoms with Crippen LogP contribution in [0.25, 0.3) is 0 Å². The first-order valence-electron chi connectivity index (χ1n) is 6.82. The average molecular weight is 293 g/mol. The Morgan fingerprint density at radius 2 is 1.90 bits per heavy atom. The number of benzene rings is 1. The van der Waals surface area contributed by atoms with E-state index in [1.165, 1.54) is 7.05 Å². The van der Waals surface area contributed by atoms with Crippen molar-refractivity contribution in [2.45, 2.75) is 32.9 Å². The van der Waals surface area contributed by atoms with Crippen LogP contribution in [-0.2, 0) is 4.79 Å². The van der Waals surface area contributed by atoms with E-state index < -0.39 is 12.1 Å².